The van der Waals surface area contributed by atoms with E-state index < -0.39 is 35.8 Å². The third-order valence-electron chi connectivity index (χ3n) is 4.60. The normalized spacial score (nSPS) is 15.3. The molecule has 0 spiro atoms. The predicted molar refractivity (Wildman–Crippen MR) is 99.5 cm³/mol. The molecule has 0 saturated carbocycles. The van der Waals surface area contributed by atoms with Crippen molar-refractivity contribution in [2.75, 3.05) is 18.4 Å². The second-order valence-corrected chi connectivity index (χ2v) is 6.43. The van der Waals surface area contributed by atoms with Crippen molar-refractivity contribution in [3.05, 3.63) is 29.8 Å². The number of rotatable bonds is 7. The van der Waals surface area contributed by atoms with Crippen LogP contribution in [0.25, 0.3) is 0 Å². The highest BCUT2D eigenvalue weighted by Crippen LogP contribution is 2.24. The Labute approximate surface area is 157 Å². The van der Waals surface area contributed by atoms with Gasteiger partial charge in [0.2, 0.25) is 0 Å². The molecular formula is C18H25N5O4. The molecular weight excluding hydrogens is 350 g/mol. The largest absolute Gasteiger partial charge is 0.376 e. The van der Waals surface area contributed by atoms with Gasteiger partial charge in [0, 0.05) is 5.69 Å². The van der Waals surface area contributed by atoms with E-state index in [0.717, 1.165) is 16.2 Å². The summed E-state index contributed by atoms with van der Waals surface area (Å²) < 4.78 is 0. The topological polar surface area (TPSA) is 120 Å². The highest BCUT2D eigenvalue weighted by Gasteiger charge is 2.49. The Hall–Kier alpha value is -3.10. The Kier molecular flexibility index (Phi) is 6.38. The van der Waals surface area contributed by atoms with Gasteiger partial charge in [-0.25, -0.2) is 4.79 Å². The van der Waals surface area contributed by atoms with Gasteiger partial charge in [-0.05, 0) is 31.9 Å². The van der Waals surface area contributed by atoms with Crippen molar-refractivity contribution in [2.45, 2.75) is 39.2 Å². The number of nitrogens with zero attached hydrogens (tertiary/aromatic N) is 1. The number of carbonyl (C=O) groups excluding carboxylic acids is 4. The summed E-state index contributed by atoms with van der Waals surface area (Å²) in [6, 6.07) is 6.89. The van der Waals surface area contributed by atoms with Crippen molar-refractivity contribution in [3.63, 3.8) is 0 Å². The minimum atomic E-state index is -0.960. The van der Waals surface area contributed by atoms with Crippen LogP contribution in [0.2, 0.25) is 0 Å². The highest BCUT2D eigenvalue weighted by atomic mass is 16.2. The Morgan fingerprint density at radius 3 is 2.19 bits per heavy atom. The lowest BCUT2D eigenvalue weighted by atomic mass is 9.93. The molecule has 1 aromatic rings. The third-order valence-corrected chi connectivity index (χ3v) is 4.60. The molecule has 146 valence electrons. The summed E-state index contributed by atoms with van der Waals surface area (Å²) in [6.07, 6.45) is 0.876. The van der Waals surface area contributed by atoms with Crippen LogP contribution >= 0.6 is 0 Å². The van der Waals surface area contributed by atoms with Gasteiger partial charge in [0.15, 0.2) is 0 Å². The van der Waals surface area contributed by atoms with Gasteiger partial charge in [-0.3, -0.25) is 30.1 Å². The SMILES string of the molecule is CCC1(CC)NC(=O)N(CC(=O)NNC(=O)CNc2ccc(C)cc2)C1=O. The van der Waals surface area contributed by atoms with E-state index in [9.17, 15) is 19.2 Å². The molecule has 0 radical (unpaired) electrons. The standard InChI is InChI=1S/C18H25N5O4/c1-4-18(5-2)16(26)23(17(27)20-18)11-15(25)22-21-14(24)10-19-13-8-6-12(3)7-9-13/h6-9,19H,4-5,10-11H2,1-3H3,(H,20,27)(H,21,24)(H,22,25). The molecule has 9 heteroatoms. The van der Waals surface area contributed by atoms with Gasteiger partial charge in [-0.2, -0.15) is 0 Å². The first-order valence-electron chi connectivity index (χ1n) is 8.83. The van der Waals surface area contributed by atoms with Crippen LogP contribution in [-0.4, -0.2) is 47.3 Å². The van der Waals surface area contributed by atoms with Gasteiger partial charge in [0.05, 0.1) is 6.54 Å². The number of carbonyl (C=O) groups is 4. The Morgan fingerprint density at radius 2 is 1.63 bits per heavy atom. The van der Waals surface area contributed by atoms with Crippen LogP contribution in [0.5, 0.6) is 0 Å². The number of urea groups is 1. The molecule has 0 aliphatic carbocycles. The van der Waals surface area contributed by atoms with Crippen LogP contribution in [-0.2, 0) is 14.4 Å². The molecule has 0 atom stereocenters. The second-order valence-electron chi connectivity index (χ2n) is 6.43. The third kappa shape index (κ3) is 4.75. The molecule has 2 rings (SSSR count). The van der Waals surface area contributed by atoms with Gasteiger partial charge in [0.25, 0.3) is 17.7 Å². The van der Waals surface area contributed by atoms with Gasteiger partial charge >= 0.3 is 6.03 Å². The number of amides is 5. The van der Waals surface area contributed by atoms with E-state index in [0.29, 0.717) is 12.8 Å². The maximum absolute atomic E-state index is 12.4. The number of benzene rings is 1. The molecule has 1 aliphatic rings. The van der Waals surface area contributed by atoms with Crippen molar-refractivity contribution in [1.29, 1.82) is 0 Å². The van der Waals surface area contributed by atoms with E-state index in [1.54, 1.807) is 13.8 Å². The average molecular weight is 375 g/mol. The van der Waals surface area contributed by atoms with E-state index in [-0.39, 0.29) is 6.54 Å². The fourth-order valence-electron chi connectivity index (χ4n) is 2.77. The number of aryl methyl sites for hydroxylation is 1. The molecule has 5 amide bonds. The molecule has 1 aliphatic heterocycles. The van der Waals surface area contributed by atoms with Crippen LogP contribution in [0, 0.1) is 6.92 Å². The average Bonchev–Trinajstić information content (AvgIpc) is 2.90. The number of hydrogen-bond donors (Lipinski definition) is 4. The van der Waals surface area contributed by atoms with E-state index in [2.05, 4.69) is 21.5 Å². The van der Waals surface area contributed by atoms with Gasteiger partial charge in [-0.15, -0.1) is 0 Å². The monoisotopic (exact) mass is 375 g/mol. The zero-order chi connectivity index (χ0) is 20.0. The zero-order valence-corrected chi connectivity index (χ0v) is 15.7. The fourth-order valence-corrected chi connectivity index (χ4v) is 2.77. The summed E-state index contributed by atoms with van der Waals surface area (Å²) in [5.41, 5.74) is 5.37. The smallest absolute Gasteiger partial charge is 0.325 e. The lowest BCUT2D eigenvalue weighted by Gasteiger charge is -2.23. The number of imide groups is 1. The molecule has 9 nitrogen and oxygen atoms in total. The summed E-state index contributed by atoms with van der Waals surface area (Å²) in [5, 5.41) is 5.56. The van der Waals surface area contributed by atoms with Crippen molar-refractivity contribution >= 4 is 29.4 Å². The number of nitrogens with one attached hydrogen (secondary N) is 4. The lowest BCUT2D eigenvalue weighted by Crippen LogP contribution is -2.50. The Balaban J connectivity index is 1.78. The molecule has 1 aromatic carbocycles. The van der Waals surface area contributed by atoms with Crippen LogP contribution in [0.4, 0.5) is 10.5 Å². The van der Waals surface area contributed by atoms with Crippen LogP contribution in [0.15, 0.2) is 24.3 Å². The Morgan fingerprint density at radius 1 is 1.04 bits per heavy atom. The quantitative estimate of drug-likeness (QED) is 0.412. The van der Waals surface area contributed by atoms with Crippen LogP contribution in [0.3, 0.4) is 0 Å². The van der Waals surface area contributed by atoms with E-state index in [4.69, 9.17) is 0 Å². The van der Waals surface area contributed by atoms with Gasteiger partial charge in [-0.1, -0.05) is 31.5 Å². The summed E-state index contributed by atoms with van der Waals surface area (Å²) in [6.45, 7) is 5.06. The van der Waals surface area contributed by atoms with Crippen molar-refractivity contribution < 1.29 is 19.2 Å². The molecule has 0 bridgehead atoms. The van der Waals surface area contributed by atoms with Crippen molar-refractivity contribution in [1.82, 2.24) is 21.1 Å². The van der Waals surface area contributed by atoms with Crippen LogP contribution < -0.4 is 21.5 Å². The van der Waals surface area contributed by atoms with Crippen LogP contribution in [0.1, 0.15) is 32.3 Å². The summed E-state index contributed by atoms with van der Waals surface area (Å²) in [5.74, 6) is -1.55. The van der Waals surface area contributed by atoms with Gasteiger partial charge in [0.1, 0.15) is 12.1 Å². The van der Waals surface area contributed by atoms with Crippen molar-refractivity contribution in [3.8, 4) is 0 Å². The minimum Gasteiger partial charge on any atom is -0.376 e. The molecule has 1 fully saturated rings. The first-order chi connectivity index (χ1) is 12.8. The summed E-state index contributed by atoms with van der Waals surface area (Å²) in [7, 11) is 0. The highest BCUT2D eigenvalue weighted by molar-refractivity contribution is 6.09. The first-order valence-corrected chi connectivity index (χ1v) is 8.83. The fraction of sp³-hybridized carbons (Fsp3) is 0.444. The minimum absolute atomic E-state index is 0.0404. The molecule has 1 saturated heterocycles. The second kappa shape index (κ2) is 8.52. The number of anilines is 1. The summed E-state index contributed by atoms with van der Waals surface area (Å²) in [4.78, 5) is 49.0. The lowest BCUT2D eigenvalue weighted by molar-refractivity contribution is -0.136. The number of hydrazine groups is 1. The number of hydrogen-bond acceptors (Lipinski definition) is 5. The molecule has 4 N–H and O–H groups in total. The van der Waals surface area contributed by atoms with E-state index >= 15 is 0 Å². The molecule has 1 heterocycles. The maximum atomic E-state index is 12.4. The first kappa shape index (κ1) is 20.2. The maximum Gasteiger partial charge on any atom is 0.325 e. The van der Waals surface area contributed by atoms with E-state index in [1.807, 2.05) is 31.2 Å². The van der Waals surface area contributed by atoms with Gasteiger partial charge < -0.3 is 10.6 Å². The molecule has 0 aromatic heterocycles. The predicted octanol–water partition coefficient (Wildman–Crippen LogP) is 0.665. The molecule has 0 unspecified atom stereocenters. The Bertz CT molecular complexity index is 728. The van der Waals surface area contributed by atoms with E-state index in [1.165, 1.54) is 0 Å². The van der Waals surface area contributed by atoms with Crippen molar-refractivity contribution in [2.24, 2.45) is 0 Å². The zero-order valence-electron chi connectivity index (χ0n) is 15.7. The summed E-state index contributed by atoms with van der Waals surface area (Å²) >= 11 is 0. The molecule has 27 heavy (non-hydrogen) atoms.